The van der Waals surface area contributed by atoms with Gasteiger partial charge in [0.1, 0.15) is 11.6 Å². The summed E-state index contributed by atoms with van der Waals surface area (Å²) in [7, 11) is 1.67. The SMILES string of the molecule is COc1ccc(-n2ccnc2CN2CCCC(C(=O)c3ccc(SC)cc3)C2)cc1. The van der Waals surface area contributed by atoms with Gasteiger partial charge in [-0.2, -0.15) is 0 Å². The van der Waals surface area contributed by atoms with Crippen LogP contribution in [0.15, 0.2) is 65.8 Å². The van der Waals surface area contributed by atoms with E-state index >= 15 is 0 Å². The number of piperidine rings is 1. The van der Waals surface area contributed by atoms with E-state index in [1.165, 1.54) is 4.90 Å². The van der Waals surface area contributed by atoms with Gasteiger partial charge in [-0.15, -0.1) is 11.8 Å². The van der Waals surface area contributed by atoms with Crippen molar-refractivity contribution in [2.24, 2.45) is 5.92 Å². The number of aromatic nitrogens is 2. The largest absolute Gasteiger partial charge is 0.497 e. The lowest BCUT2D eigenvalue weighted by Crippen LogP contribution is -2.38. The molecular formula is C24H27N3O2S. The first kappa shape index (κ1) is 20.7. The third-order valence-electron chi connectivity index (χ3n) is 5.68. The monoisotopic (exact) mass is 421 g/mol. The maximum Gasteiger partial charge on any atom is 0.167 e. The maximum atomic E-state index is 13.0. The van der Waals surface area contributed by atoms with E-state index in [0.29, 0.717) is 0 Å². The van der Waals surface area contributed by atoms with E-state index in [-0.39, 0.29) is 11.7 Å². The fraction of sp³-hybridized carbons (Fsp3) is 0.333. The molecule has 0 radical (unpaired) electrons. The van der Waals surface area contributed by atoms with Gasteiger partial charge in [-0.1, -0.05) is 12.1 Å². The number of hydrogen-bond acceptors (Lipinski definition) is 5. The topological polar surface area (TPSA) is 47.4 Å². The van der Waals surface area contributed by atoms with Crippen molar-refractivity contribution in [2.45, 2.75) is 24.3 Å². The molecule has 6 heteroatoms. The molecule has 1 aliphatic rings. The number of carbonyl (C=O) groups is 1. The quantitative estimate of drug-likeness (QED) is 0.409. The highest BCUT2D eigenvalue weighted by atomic mass is 32.2. The summed E-state index contributed by atoms with van der Waals surface area (Å²) in [5.41, 5.74) is 1.88. The Balaban J connectivity index is 1.44. The van der Waals surface area contributed by atoms with Crippen molar-refractivity contribution in [3.8, 4) is 11.4 Å². The van der Waals surface area contributed by atoms with E-state index in [9.17, 15) is 4.79 Å². The average molecular weight is 422 g/mol. The zero-order valence-corrected chi connectivity index (χ0v) is 18.3. The number of imidazole rings is 1. The van der Waals surface area contributed by atoms with E-state index in [4.69, 9.17) is 4.74 Å². The van der Waals surface area contributed by atoms with Crippen molar-refractivity contribution < 1.29 is 9.53 Å². The second-order valence-electron chi connectivity index (χ2n) is 7.58. The van der Waals surface area contributed by atoms with E-state index in [0.717, 1.165) is 55.3 Å². The van der Waals surface area contributed by atoms with Gasteiger partial charge in [-0.05, 0) is 62.0 Å². The molecule has 1 aliphatic heterocycles. The highest BCUT2D eigenvalue weighted by molar-refractivity contribution is 7.98. The lowest BCUT2D eigenvalue weighted by atomic mass is 9.90. The number of ketones is 1. The van der Waals surface area contributed by atoms with Crippen molar-refractivity contribution in [1.82, 2.24) is 14.5 Å². The Morgan fingerprint density at radius 2 is 1.93 bits per heavy atom. The number of ether oxygens (including phenoxy) is 1. The number of hydrogen-bond donors (Lipinski definition) is 0. The lowest BCUT2D eigenvalue weighted by molar-refractivity contribution is 0.0808. The molecule has 4 rings (SSSR count). The van der Waals surface area contributed by atoms with Crippen molar-refractivity contribution >= 4 is 17.5 Å². The van der Waals surface area contributed by atoms with Crippen LogP contribution in [0.3, 0.4) is 0 Å². The highest BCUT2D eigenvalue weighted by Gasteiger charge is 2.27. The van der Waals surface area contributed by atoms with Crippen LogP contribution in [0.4, 0.5) is 0 Å². The molecule has 156 valence electrons. The molecule has 0 spiro atoms. The molecule has 5 nitrogen and oxygen atoms in total. The number of Topliss-reactive ketones (excluding diaryl/α,β-unsaturated/α-hetero) is 1. The Hall–Kier alpha value is -2.57. The third-order valence-corrected chi connectivity index (χ3v) is 6.43. The van der Waals surface area contributed by atoms with Gasteiger partial charge in [0, 0.05) is 41.0 Å². The van der Waals surface area contributed by atoms with Crippen LogP contribution in [0, 0.1) is 5.92 Å². The van der Waals surface area contributed by atoms with Gasteiger partial charge in [0.25, 0.3) is 0 Å². The van der Waals surface area contributed by atoms with Gasteiger partial charge in [-0.3, -0.25) is 9.69 Å². The number of nitrogens with zero attached hydrogens (tertiary/aromatic N) is 3. The number of likely N-dealkylation sites (tertiary alicyclic amines) is 1. The molecule has 0 saturated carbocycles. The van der Waals surface area contributed by atoms with Crippen LogP contribution in [0.2, 0.25) is 0 Å². The summed E-state index contributed by atoms with van der Waals surface area (Å²) in [5, 5.41) is 0. The standard InChI is InChI=1S/C24H27N3O2S/c1-29-21-9-7-20(8-10-21)27-15-13-25-23(27)17-26-14-3-4-19(16-26)24(28)18-5-11-22(30-2)12-6-18/h5-13,15,19H,3-4,14,16-17H2,1-2H3. The van der Waals surface area contributed by atoms with Crippen LogP contribution in [0.1, 0.15) is 29.0 Å². The van der Waals surface area contributed by atoms with Crippen LogP contribution in [-0.2, 0) is 6.54 Å². The van der Waals surface area contributed by atoms with E-state index < -0.39 is 0 Å². The molecule has 1 aromatic heterocycles. The number of thioether (sulfide) groups is 1. The molecule has 1 unspecified atom stereocenters. The van der Waals surface area contributed by atoms with Crippen molar-refractivity contribution in [1.29, 1.82) is 0 Å². The molecule has 3 aromatic rings. The number of methoxy groups -OCH3 is 1. The molecule has 0 amide bonds. The fourth-order valence-electron chi connectivity index (χ4n) is 4.03. The summed E-state index contributed by atoms with van der Waals surface area (Å²) < 4.78 is 7.36. The minimum atomic E-state index is 0.0447. The minimum Gasteiger partial charge on any atom is -0.497 e. The summed E-state index contributed by atoms with van der Waals surface area (Å²) in [5.74, 6) is 2.12. The second-order valence-corrected chi connectivity index (χ2v) is 8.46. The Bertz CT molecular complexity index is 982. The summed E-state index contributed by atoms with van der Waals surface area (Å²) >= 11 is 1.69. The lowest BCUT2D eigenvalue weighted by Gasteiger charge is -2.31. The molecule has 1 fully saturated rings. The van der Waals surface area contributed by atoms with Crippen molar-refractivity contribution in [2.75, 3.05) is 26.5 Å². The summed E-state index contributed by atoms with van der Waals surface area (Å²) in [4.78, 5) is 21.1. The van der Waals surface area contributed by atoms with Gasteiger partial charge in [0.2, 0.25) is 0 Å². The van der Waals surface area contributed by atoms with E-state index in [1.807, 2.05) is 67.2 Å². The molecule has 1 atom stereocenters. The predicted molar refractivity (Wildman–Crippen MR) is 121 cm³/mol. The predicted octanol–water partition coefficient (Wildman–Crippen LogP) is 4.70. The first-order valence-corrected chi connectivity index (χ1v) is 11.5. The Morgan fingerprint density at radius 1 is 1.17 bits per heavy atom. The average Bonchev–Trinajstić information content (AvgIpc) is 3.27. The van der Waals surface area contributed by atoms with Crippen LogP contribution >= 0.6 is 11.8 Å². The van der Waals surface area contributed by atoms with Crippen LogP contribution in [0.5, 0.6) is 5.75 Å². The molecule has 2 aromatic carbocycles. The van der Waals surface area contributed by atoms with Gasteiger partial charge in [0.15, 0.2) is 5.78 Å². The van der Waals surface area contributed by atoms with Gasteiger partial charge in [-0.25, -0.2) is 4.98 Å². The highest BCUT2D eigenvalue weighted by Crippen LogP contribution is 2.24. The van der Waals surface area contributed by atoms with Gasteiger partial charge < -0.3 is 9.30 Å². The van der Waals surface area contributed by atoms with Gasteiger partial charge in [0.05, 0.1) is 13.7 Å². The summed E-state index contributed by atoms with van der Waals surface area (Å²) in [6.07, 6.45) is 7.84. The molecule has 0 aliphatic carbocycles. The molecule has 30 heavy (non-hydrogen) atoms. The van der Waals surface area contributed by atoms with Crippen LogP contribution in [-0.4, -0.2) is 46.7 Å². The Labute approximate surface area is 182 Å². The summed E-state index contributed by atoms with van der Waals surface area (Å²) in [6.45, 7) is 2.50. The van der Waals surface area contributed by atoms with Crippen LogP contribution < -0.4 is 4.74 Å². The number of benzene rings is 2. The third kappa shape index (κ3) is 4.60. The number of rotatable bonds is 7. The summed E-state index contributed by atoms with van der Waals surface area (Å²) in [6, 6.07) is 16.0. The van der Waals surface area contributed by atoms with Gasteiger partial charge >= 0.3 is 0 Å². The molecule has 0 N–H and O–H groups in total. The molecule has 0 bridgehead atoms. The van der Waals surface area contributed by atoms with E-state index in [1.54, 1.807) is 18.9 Å². The van der Waals surface area contributed by atoms with Crippen molar-refractivity contribution in [3.63, 3.8) is 0 Å². The van der Waals surface area contributed by atoms with Crippen molar-refractivity contribution in [3.05, 3.63) is 72.3 Å². The Morgan fingerprint density at radius 3 is 2.63 bits per heavy atom. The normalized spacial score (nSPS) is 17.1. The molecular weight excluding hydrogens is 394 g/mol. The molecule has 2 heterocycles. The maximum absolute atomic E-state index is 13.0. The minimum absolute atomic E-state index is 0.0447. The zero-order chi connectivity index (χ0) is 20.9. The first-order chi connectivity index (χ1) is 14.7. The first-order valence-electron chi connectivity index (χ1n) is 10.2. The van der Waals surface area contributed by atoms with Crippen LogP contribution in [0.25, 0.3) is 5.69 Å². The fourth-order valence-corrected chi connectivity index (χ4v) is 4.44. The molecule has 1 saturated heterocycles. The smallest absolute Gasteiger partial charge is 0.167 e. The Kier molecular flexibility index (Phi) is 6.55. The second kappa shape index (κ2) is 9.49. The number of carbonyl (C=O) groups excluding carboxylic acids is 1. The van der Waals surface area contributed by atoms with E-state index in [2.05, 4.69) is 14.5 Å². The zero-order valence-electron chi connectivity index (χ0n) is 17.5.